The molecule has 168 valence electrons. The van der Waals surface area contributed by atoms with E-state index in [4.69, 9.17) is 27.9 Å². The van der Waals surface area contributed by atoms with Crippen LogP contribution in [0.5, 0.6) is 0 Å². The summed E-state index contributed by atoms with van der Waals surface area (Å²) >= 11 is 11.7. The Kier molecular flexibility index (Phi) is 9.45. The summed E-state index contributed by atoms with van der Waals surface area (Å²) in [5.41, 5.74) is 8.83. The summed E-state index contributed by atoms with van der Waals surface area (Å²) in [5.74, 6) is -3.55. The number of amides is 4. The van der Waals surface area contributed by atoms with Crippen LogP contribution in [-0.2, 0) is 19.1 Å². The summed E-state index contributed by atoms with van der Waals surface area (Å²) < 4.78 is 4.71. The third-order valence-electron chi connectivity index (χ3n) is 3.79. The number of rotatable bonds is 7. The number of carbonyl (C=O) groups is 5. The predicted octanol–water partition coefficient (Wildman–Crippen LogP) is 1.54. The van der Waals surface area contributed by atoms with Gasteiger partial charge in [0.15, 0.2) is 6.61 Å². The predicted molar refractivity (Wildman–Crippen MR) is 114 cm³/mol. The van der Waals surface area contributed by atoms with Gasteiger partial charge in [-0.25, -0.2) is 0 Å². The summed E-state index contributed by atoms with van der Waals surface area (Å²) in [6.45, 7) is -0.674. The van der Waals surface area contributed by atoms with Crippen molar-refractivity contribution >= 4 is 52.8 Å². The van der Waals surface area contributed by atoms with E-state index in [-0.39, 0.29) is 34.0 Å². The third-order valence-corrected chi connectivity index (χ3v) is 4.45. The molecule has 0 heterocycles. The molecule has 0 aliphatic heterocycles. The molecule has 0 bridgehead atoms. The van der Waals surface area contributed by atoms with Crippen molar-refractivity contribution in [2.24, 2.45) is 0 Å². The molecule has 0 aromatic heterocycles. The molecule has 0 aliphatic rings. The Bertz CT molecular complexity index is 951. The lowest BCUT2D eigenvalue weighted by Crippen LogP contribution is -2.43. The van der Waals surface area contributed by atoms with Crippen LogP contribution >= 0.6 is 23.2 Å². The van der Waals surface area contributed by atoms with Gasteiger partial charge in [-0.1, -0.05) is 47.5 Å². The van der Waals surface area contributed by atoms with Crippen LogP contribution in [0.15, 0.2) is 48.5 Å². The Balaban J connectivity index is 1.63. The van der Waals surface area contributed by atoms with Crippen LogP contribution in [0.4, 0.5) is 0 Å². The Labute approximate surface area is 192 Å². The van der Waals surface area contributed by atoms with Crippen molar-refractivity contribution in [2.75, 3.05) is 6.61 Å². The number of halogens is 2. The van der Waals surface area contributed by atoms with Gasteiger partial charge in [0.25, 0.3) is 17.7 Å². The molecule has 0 fully saturated rings. The summed E-state index contributed by atoms with van der Waals surface area (Å²) in [5, 5.41) is 0.413. The van der Waals surface area contributed by atoms with Gasteiger partial charge in [0.1, 0.15) is 0 Å². The lowest BCUT2D eigenvalue weighted by Gasteiger charge is -2.09. The number of hydrazine groups is 2. The Morgan fingerprint density at radius 1 is 0.656 bits per heavy atom. The molecule has 2 rings (SSSR count). The van der Waals surface area contributed by atoms with Gasteiger partial charge in [-0.3, -0.25) is 45.7 Å². The van der Waals surface area contributed by atoms with E-state index in [0.29, 0.717) is 0 Å². The highest BCUT2D eigenvalue weighted by molar-refractivity contribution is 6.34. The maximum Gasteiger partial charge on any atom is 0.306 e. The number of carbonyl (C=O) groups excluding carboxylic acids is 5. The molecular weight excluding hydrogens is 463 g/mol. The van der Waals surface area contributed by atoms with E-state index >= 15 is 0 Å². The number of hydrogen-bond acceptors (Lipinski definition) is 6. The Hall–Kier alpha value is -3.63. The minimum atomic E-state index is -0.829. The topological polar surface area (TPSA) is 143 Å². The second-order valence-electron chi connectivity index (χ2n) is 6.12. The quantitative estimate of drug-likeness (QED) is 0.349. The second-order valence-corrected chi connectivity index (χ2v) is 6.94. The highest BCUT2D eigenvalue weighted by Crippen LogP contribution is 2.14. The molecule has 0 atom stereocenters. The van der Waals surface area contributed by atoms with Gasteiger partial charge in [0.2, 0.25) is 5.91 Å². The average Bonchev–Trinajstić information content (AvgIpc) is 2.78. The van der Waals surface area contributed by atoms with Crippen molar-refractivity contribution in [3.63, 3.8) is 0 Å². The van der Waals surface area contributed by atoms with E-state index in [9.17, 15) is 24.0 Å². The van der Waals surface area contributed by atoms with Crippen molar-refractivity contribution in [2.45, 2.75) is 12.8 Å². The third kappa shape index (κ3) is 7.89. The lowest BCUT2D eigenvalue weighted by molar-refractivity contribution is -0.149. The van der Waals surface area contributed by atoms with E-state index in [1.807, 2.05) is 0 Å². The smallest absolute Gasteiger partial charge is 0.306 e. The van der Waals surface area contributed by atoms with Crippen molar-refractivity contribution < 1.29 is 28.7 Å². The fraction of sp³-hybridized carbons (Fsp3) is 0.150. The maximum atomic E-state index is 11.9. The van der Waals surface area contributed by atoms with E-state index in [0.717, 1.165) is 0 Å². The van der Waals surface area contributed by atoms with E-state index in [1.165, 1.54) is 24.3 Å². The molecule has 0 radical (unpaired) electrons. The summed E-state index contributed by atoms with van der Waals surface area (Å²) in [6.07, 6.45) is -0.639. The number of ether oxygens (including phenoxy) is 1. The molecule has 0 unspecified atom stereocenters. The van der Waals surface area contributed by atoms with Crippen LogP contribution in [0.1, 0.15) is 33.6 Å². The van der Waals surface area contributed by atoms with Crippen LogP contribution in [0, 0.1) is 0 Å². The van der Waals surface area contributed by atoms with Crippen LogP contribution in [-0.4, -0.2) is 36.2 Å². The second kappa shape index (κ2) is 12.3. The monoisotopic (exact) mass is 480 g/mol. The normalized spacial score (nSPS) is 9.94. The van der Waals surface area contributed by atoms with Crippen LogP contribution < -0.4 is 21.7 Å². The van der Waals surface area contributed by atoms with Gasteiger partial charge in [0, 0.05) is 6.42 Å². The first-order chi connectivity index (χ1) is 15.3. The molecule has 12 heteroatoms. The molecule has 32 heavy (non-hydrogen) atoms. The van der Waals surface area contributed by atoms with Crippen LogP contribution in [0.2, 0.25) is 10.0 Å². The lowest BCUT2D eigenvalue weighted by atomic mass is 10.2. The number of esters is 1. The van der Waals surface area contributed by atoms with Crippen LogP contribution in [0.25, 0.3) is 0 Å². The van der Waals surface area contributed by atoms with E-state index in [1.54, 1.807) is 24.3 Å². The fourth-order valence-electron chi connectivity index (χ4n) is 2.21. The summed E-state index contributed by atoms with van der Waals surface area (Å²) in [7, 11) is 0. The molecule has 10 nitrogen and oxygen atoms in total. The van der Waals surface area contributed by atoms with Gasteiger partial charge >= 0.3 is 5.97 Å². The highest BCUT2D eigenvalue weighted by atomic mass is 35.5. The zero-order valence-electron chi connectivity index (χ0n) is 16.4. The molecule has 4 N–H and O–H groups in total. The van der Waals surface area contributed by atoms with Gasteiger partial charge in [-0.2, -0.15) is 0 Å². The fourth-order valence-corrected chi connectivity index (χ4v) is 2.65. The molecule has 2 aromatic rings. The summed E-state index contributed by atoms with van der Waals surface area (Å²) in [4.78, 5) is 58.9. The molecule has 0 saturated carbocycles. The first kappa shape index (κ1) is 24.6. The van der Waals surface area contributed by atoms with Crippen molar-refractivity contribution in [3.05, 3.63) is 69.7 Å². The SMILES string of the molecule is O=C(CCC(=O)OCC(=O)NNC(=O)c1ccccc1Cl)NNC(=O)c1ccccc1Cl. The first-order valence-electron chi connectivity index (χ1n) is 9.11. The number of nitrogens with one attached hydrogen (secondary N) is 4. The van der Waals surface area contributed by atoms with E-state index < -0.39 is 36.2 Å². The molecular formula is C20H18Cl2N4O6. The molecule has 2 aromatic carbocycles. The molecule has 0 saturated heterocycles. The molecule has 0 spiro atoms. The highest BCUT2D eigenvalue weighted by Gasteiger charge is 2.14. The standard InChI is InChI=1S/C20H18Cl2N4O6/c21-14-7-3-1-5-12(14)19(30)25-23-16(27)9-10-18(29)32-11-17(28)24-26-20(31)13-6-2-4-8-15(13)22/h1-8H,9-11H2,(H,23,27)(H,24,28)(H,25,30)(H,26,31). The average molecular weight is 481 g/mol. The minimum absolute atomic E-state index is 0.152. The van der Waals surface area contributed by atoms with Gasteiger partial charge < -0.3 is 4.74 Å². The largest absolute Gasteiger partial charge is 0.455 e. The number of benzene rings is 2. The van der Waals surface area contributed by atoms with Crippen LogP contribution in [0.3, 0.4) is 0 Å². The van der Waals surface area contributed by atoms with Gasteiger partial charge in [0.05, 0.1) is 27.6 Å². The zero-order valence-corrected chi connectivity index (χ0v) is 18.0. The minimum Gasteiger partial charge on any atom is -0.455 e. The van der Waals surface area contributed by atoms with Crippen molar-refractivity contribution in [1.82, 2.24) is 21.7 Å². The summed E-state index contributed by atoms with van der Waals surface area (Å²) in [6, 6.07) is 12.5. The first-order valence-corrected chi connectivity index (χ1v) is 9.86. The van der Waals surface area contributed by atoms with Gasteiger partial charge in [-0.05, 0) is 24.3 Å². The van der Waals surface area contributed by atoms with Crippen molar-refractivity contribution in [3.8, 4) is 0 Å². The zero-order chi connectivity index (χ0) is 23.5. The molecule has 0 aliphatic carbocycles. The maximum absolute atomic E-state index is 11.9. The van der Waals surface area contributed by atoms with E-state index in [2.05, 4.69) is 21.7 Å². The molecule has 4 amide bonds. The Morgan fingerprint density at radius 3 is 1.62 bits per heavy atom. The van der Waals surface area contributed by atoms with Gasteiger partial charge in [-0.15, -0.1) is 0 Å². The van der Waals surface area contributed by atoms with Crippen molar-refractivity contribution in [1.29, 1.82) is 0 Å². The Morgan fingerprint density at radius 2 is 1.12 bits per heavy atom. The number of hydrogen-bond donors (Lipinski definition) is 4.